The number of hydrogen-bond donors (Lipinski definition) is 1. The quantitative estimate of drug-likeness (QED) is 0.880. The minimum atomic E-state index is 0. The van der Waals surface area contributed by atoms with Gasteiger partial charge in [0.1, 0.15) is 5.65 Å². The predicted octanol–water partition coefficient (Wildman–Crippen LogP) is 3.08. The van der Waals surface area contributed by atoms with Crippen molar-refractivity contribution in [1.29, 1.82) is 0 Å². The Morgan fingerprint density at radius 3 is 2.90 bits per heavy atom. The van der Waals surface area contributed by atoms with E-state index in [1.54, 1.807) is 0 Å². The Kier molecular flexibility index (Phi) is 4.98. The summed E-state index contributed by atoms with van der Waals surface area (Å²) >= 11 is 3.52. The molecule has 1 fully saturated rings. The minimum Gasteiger partial charge on any atom is -0.327 e. The van der Waals surface area contributed by atoms with Crippen LogP contribution in [-0.4, -0.2) is 33.4 Å². The third-order valence-electron chi connectivity index (χ3n) is 4.32. The molecule has 1 aliphatic rings. The van der Waals surface area contributed by atoms with Crippen molar-refractivity contribution < 1.29 is 0 Å². The van der Waals surface area contributed by atoms with Crippen molar-refractivity contribution in [3.8, 4) is 0 Å². The summed E-state index contributed by atoms with van der Waals surface area (Å²) < 4.78 is 3.23. The van der Waals surface area contributed by atoms with Crippen molar-refractivity contribution in [2.24, 2.45) is 11.1 Å². The van der Waals surface area contributed by atoms with Gasteiger partial charge in [-0.25, -0.2) is 4.98 Å². The largest absolute Gasteiger partial charge is 0.327 e. The van der Waals surface area contributed by atoms with Gasteiger partial charge in [-0.1, -0.05) is 13.8 Å². The van der Waals surface area contributed by atoms with E-state index in [1.807, 2.05) is 18.3 Å². The Morgan fingerprint density at radius 2 is 2.19 bits per heavy atom. The highest BCUT2D eigenvalue weighted by Crippen LogP contribution is 2.28. The third kappa shape index (κ3) is 3.42. The molecule has 3 heterocycles. The van der Waals surface area contributed by atoms with Crippen LogP contribution in [0.5, 0.6) is 0 Å². The number of aromatic nitrogens is 2. The number of imidazole rings is 1. The smallest absolute Gasteiger partial charge is 0.136 e. The number of nitrogens with zero attached hydrogens (tertiary/aromatic N) is 3. The monoisotopic (exact) mass is 372 g/mol. The Bertz CT molecular complexity index is 625. The summed E-state index contributed by atoms with van der Waals surface area (Å²) in [4.78, 5) is 6.95. The topological polar surface area (TPSA) is 46.6 Å². The maximum atomic E-state index is 6.21. The van der Waals surface area contributed by atoms with Gasteiger partial charge in [0.2, 0.25) is 0 Å². The first kappa shape index (κ1) is 16.7. The standard InChI is InChI=1S/C15H21BrN4.ClH/c1-15(2)10-19(6-5-13(15)17)9-12-7-18-14-4-3-11(16)8-20(12)14;/h3-4,7-8,13H,5-6,9-10,17H2,1-2H3;1H. The fourth-order valence-electron chi connectivity index (χ4n) is 2.97. The Balaban J connectivity index is 0.00000161. The maximum absolute atomic E-state index is 6.21. The number of fused-ring (bicyclic) bond motifs is 1. The fourth-order valence-corrected chi connectivity index (χ4v) is 3.31. The second-order valence-corrected chi connectivity index (χ2v) is 7.34. The fraction of sp³-hybridized carbons (Fsp3) is 0.533. The lowest BCUT2D eigenvalue weighted by atomic mass is 9.80. The van der Waals surface area contributed by atoms with Crippen LogP contribution >= 0.6 is 28.3 Å². The molecular formula is C15H22BrClN4. The molecule has 0 saturated carbocycles. The number of nitrogens with two attached hydrogens (primary N) is 1. The highest BCUT2D eigenvalue weighted by molar-refractivity contribution is 9.10. The van der Waals surface area contributed by atoms with Crippen molar-refractivity contribution in [3.63, 3.8) is 0 Å². The number of hydrogen-bond acceptors (Lipinski definition) is 3. The second-order valence-electron chi connectivity index (χ2n) is 6.42. The number of halogens is 2. The van der Waals surface area contributed by atoms with Crippen LogP contribution in [0.25, 0.3) is 5.65 Å². The molecule has 0 aromatic carbocycles. The van der Waals surface area contributed by atoms with Gasteiger partial charge >= 0.3 is 0 Å². The minimum absolute atomic E-state index is 0. The van der Waals surface area contributed by atoms with Crippen LogP contribution in [0.2, 0.25) is 0 Å². The van der Waals surface area contributed by atoms with Crippen LogP contribution < -0.4 is 5.73 Å². The molecule has 0 bridgehead atoms. The molecule has 2 aromatic heterocycles. The van der Waals surface area contributed by atoms with Gasteiger partial charge in [-0.05, 0) is 39.9 Å². The van der Waals surface area contributed by atoms with Gasteiger partial charge in [-0.3, -0.25) is 4.90 Å². The summed E-state index contributed by atoms with van der Waals surface area (Å²) in [6.07, 6.45) is 5.12. The summed E-state index contributed by atoms with van der Waals surface area (Å²) in [5, 5.41) is 0. The van der Waals surface area contributed by atoms with E-state index in [-0.39, 0.29) is 17.8 Å². The van der Waals surface area contributed by atoms with Gasteiger partial charge in [-0.15, -0.1) is 12.4 Å². The van der Waals surface area contributed by atoms with Crippen molar-refractivity contribution in [1.82, 2.24) is 14.3 Å². The van der Waals surface area contributed by atoms with E-state index in [9.17, 15) is 0 Å². The molecule has 21 heavy (non-hydrogen) atoms. The molecule has 0 amide bonds. The summed E-state index contributed by atoms with van der Waals surface area (Å²) in [5.74, 6) is 0. The Labute approximate surface area is 140 Å². The lowest BCUT2D eigenvalue weighted by molar-refractivity contribution is 0.0887. The molecule has 116 valence electrons. The zero-order valence-corrected chi connectivity index (χ0v) is 14.8. The summed E-state index contributed by atoms with van der Waals surface area (Å²) in [6.45, 7) is 7.54. The van der Waals surface area contributed by atoms with Crippen LogP contribution in [-0.2, 0) is 6.54 Å². The van der Waals surface area contributed by atoms with Gasteiger partial charge < -0.3 is 10.1 Å². The first-order valence-electron chi connectivity index (χ1n) is 7.05. The van der Waals surface area contributed by atoms with Crippen molar-refractivity contribution in [2.75, 3.05) is 13.1 Å². The Morgan fingerprint density at radius 1 is 1.43 bits per heavy atom. The average Bonchev–Trinajstić information content (AvgIpc) is 2.76. The molecule has 0 spiro atoms. The molecule has 2 aromatic rings. The average molecular weight is 374 g/mol. The maximum Gasteiger partial charge on any atom is 0.136 e. The van der Waals surface area contributed by atoms with Gasteiger partial charge in [0.05, 0.1) is 11.9 Å². The first-order chi connectivity index (χ1) is 9.45. The third-order valence-corrected chi connectivity index (χ3v) is 4.79. The highest BCUT2D eigenvalue weighted by Gasteiger charge is 2.33. The van der Waals surface area contributed by atoms with Gasteiger partial charge in [0.25, 0.3) is 0 Å². The molecule has 4 nitrogen and oxygen atoms in total. The van der Waals surface area contributed by atoms with E-state index >= 15 is 0 Å². The van der Waals surface area contributed by atoms with Gasteiger partial charge in [-0.2, -0.15) is 0 Å². The van der Waals surface area contributed by atoms with Crippen molar-refractivity contribution in [3.05, 3.63) is 34.7 Å². The highest BCUT2D eigenvalue weighted by atomic mass is 79.9. The van der Waals surface area contributed by atoms with E-state index in [0.29, 0.717) is 6.04 Å². The van der Waals surface area contributed by atoms with E-state index in [4.69, 9.17) is 5.73 Å². The summed E-state index contributed by atoms with van der Waals surface area (Å²) in [5.41, 5.74) is 8.61. The zero-order chi connectivity index (χ0) is 14.3. The van der Waals surface area contributed by atoms with E-state index in [0.717, 1.165) is 36.2 Å². The number of likely N-dealkylation sites (tertiary alicyclic amines) is 1. The molecular weight excluding hydrogens is 352 g/mol. The summed E-state index contributed by atoms with van der Waals surface area (Å²) in [7, 11) is 0. The molecule has 1 atom stereocenters. The number of piperidine rings is 1. The molecule has 0 radical (unpaired) electrons. The van der Waals surface area contributed by atoms with Crippen LogP contribution in [0.1, 0.15) is 26.0 Å². The SMILES string of the molecule is CC1(C)CN(Cc2cnc3ccc(Br)cn23)CCC1N.Cl. The van der Waals surface area contributed by atoms with Gasteiger partial charge in [0, 0.05) is 36.3 Å². The van der Waals surface area contributed by atoms with Crippen molar-refractivity contribution in [2.45, 2.75) is 32.9 Å². The van der Waals surface area contributed by atoms with Gasteiger partial charge in [0.15, 0.2) is 0 Å². The van der Waals surface area contributed by atoms with Crippen LogP contribution in [0.3, 0.4) is 0 Å². The van der Waals surface area contributed by atoms with E-state index in [1.165, 1.54) is 5.69 Å². The van der Waals surface area contributed by atoms with E-state index in [2.05, 4.69) is 50.3 Å². The number of rotatable bonds is 2. The van der Waals surface area contributed by atoms with Crippen LogP contribution in [0.15, 0.2) is 29.0 Å². The first-order valence-corrected chi connectivity index (χ1v) is 7.84. The van der Waals surface area contributed by atoms with Crippen molar-refractivity contribution >= 4 is 34.0 Å². The zero-order valence-electron chi connectivity index (χ0n) is 12.4. The van der Waals surface area contributed by atoms with Crippen LogP contribution in [0.4, 0.5) is 0 Å². The molecule has 1 saturated heterocycles. The second kappa shape index (κ2) is 6.24. The molecule has 1 unspecified atom stereocenters. The van der Waals surface area contributed by atoms with E-state index < -0.39 is 0 Å². The predicted molar refractivity (Wildman–Crippen MR) is 91.8 cm³/mol. The molecule has 2 N–H and O–H groups in total. The summed E-state index contributed by atoms with van der Waals surface area (Å²) in [6, 6.07) is 4.36. The normalized spacial score (nSPS) is 22.2. The molecule has 1 aliphatic heterocycles. The van der Waals surface area contributed by atoms with Crippen LogP contribution in [0, 0.1) is 5.41 Å². The molecule has 3 rings (SSSR count). The molecule has 0 aliphatic carbocycles. The lowest BCUT2D eigenvalue weighted by Crippen LogP contribution is -2.52. The molecule has 6 heteroatoms. The number of pyridine rings is 1. The Hall–Kier alpha value is -0.620. The lowest BCUT2D eigenvalue weighted by Gasteiger charge is -2.42.